The summed E-state index contributed by atoms with van der Waals surface area (Å²) >= 11 is 0. The van der Waals surface area contributed by atoms with Crippen molar-refractivity contribution in [2.75, 3.05) is 19.8 Å². The van der Waals surface area contributed by atoms with Gasteiger partial charge >= 0.3 is 5.97 Å². The van der Waals surface area contributed by atoms with Gasteiger partial charge in [0.05, 0.1) is 19.1 Å². The Bertz CT molecular complexity index is 1020. The highest BCUT2D eigenvalue weighted by molar-refractivity contribution is 6.74. The lowest BCUT2D eigenvalue weighted by Crippen LogP contribution is -2.41. The molecule has 0 aromatic heterocycles. The Morgan fingerprint density at radius 1 is 1.16 bits per heavy atom. The molecule has 1 unspecified atom stereocenters. The lowest BCUT2D eigenvalue weighted by Gasteiger charge is -2.36. The molecule has 1 aromatic carbocycles. The van der Waals surface area contributed by atoms with E-state index in [0.717, 1.165) is 24.0 Å². The quantitative estimate of drug-likeness (QED) is 0.163. The molecule has 6 heteroatoms. The zero-order valence-corrected chi connectivity index (χ0v) is 24.8. The standard InChI is InChI=1S/C31H45NO4Si/c1-8-9-21-35-30(34)25(2)22-29(33)28-23-32(20-18-26-15-11-10-12-16-26)19-14-13-17-27(28)24-36-37(6,7)31(3,4)5/h10-18,20,23,25H,8-9,19,21-22,24H2,1-7H3/b14-13+,20-18+,27-17-,28-23+. The molecule has 5 nitrogen and oxygen atoms in total. The summed E-state index contributed by atoms with van der Waals surface area (Å²) in [6, 6.07) is 10.1. The molecule has 2 rings (SSSR count). The predicted octanol–water partition coefficient (Wildman–Crippen LogP) is 7.30. The van der Waals surface area contributed by atoms with Gasteiger partial charge < -0.3 is 14.1 Å². The number of unbranched alkanes of at least 4 members (excludes halogenated alkanes) is 1. The Hall–Kier alpha value is -2.70. The maximum atomic E-state index is 13.6. The van der Waals surface area contributed by atoms with Crippen molar-refractivity contribution in [3.8, 4) is 0 Å². The van der Waals surface area contributed by atoms with E-state index >= 15 is 0 Å². The number of hydrogen-bond donors (Lipinski definition) is 0. The van der Waals surface area contributed by atoms with Gasteiger partial charge in [-0.25, -0.2) is 0 Å². The van der Waals surface area contributed by atoms with Crippen LogP contribution in [-0.2, 0) is 18.8 Å². The molecule has 0 radical (unpaired) electrons. The number of carbonyl (C=O) groups excluding carboxylic acids is 2. The summed E-state index contributed by atoms with van der Waals surface area (Å²) in [5, 5.41) is 0.0557. The largest absolute Gasteiger partial charge is 0.465 e. The van der Waals surface area contributed by atoms with E-state index in [2.05, 4.69) is 39.9 Å². The van der Waals surface area contributed by atoms with Gasteiger partial charge in [-0.3, -0.25) is 9.59 Å². The first-order valence-electron chi connectivity index (χ1n) is 13.3. The summed E-state index contributed by atoms with van der Waals surface area (Å²) in [6.45, 7) is 16.2. The van der Waals surface area contributed by atoms with Gasteiger partial charge in [0, 0.05) is 30.9 Å². The minimum atomic E-state index is -2.03. The SMILES string of the molecule is CCCCOC(=O)C(C)CC(=O)C1=C/N(/C=C/c2ccccc2)C/C=C/C=C\1CO[Si](C)(C)C(C)(C)C. The first-order chi connectivity index (χ1) is 17.4. The molecule has 1 atom stereocenters. The molecule has 1 heterocycles. The maximum Gasteiger partial charge on any atom is 0.309 e. The zero-order chi connectivity index (χ0) is 27.5. The lowest BCUT2D eigenvalue weighted by molar-refractivity contribution is -0.149. The van der Waals surface area contributed by atoms with Crippen LogP contribution in [0.5, 0.6) is 0 Å². The Balaban J connectivity index is 2.32. The fourth-order valence-corrected chi connectivity index (χ4v) is 4.34. The van der Waals surface area contributed by atoms with E-state index in [0.29, 0.717) is 25.3 Å². The molecule has 0 fully saturated rings. The average Bonchev–Trinajstić information content (AvgIpc) is 2.83. The number of benzene rings is 1. The molecule has 1 aliphatic rings. The van der Waals surface area contributed by atoms with Crippen molar-refractivity contribution in [3.63, 3.8) is 0 Å². The van der Waals surface area contributed by atoms with Crippen LogP contribution in [0, 0.1) is 5.92 Å². The number of hydrogen-bond acceptors (Lipinski definition) is 5. The van der Waals surface area contributed by atoms with E-state index in [-0.39, 0.29) is 23.2 Å². The van der Waals surface area contributed by atoms with Crippen molar-refractivity contribution >= 4 is 26.1 Å². The number of rotatable bonds is 12. The predicted molar refractivity (Wildman–Crippen MR) is 155 cm³/mol. The second-order valence-corrected chi connectivity index (χ2v) is 16.0. The number of ketones is 1. The van der Waals surface area contributed by atoms with Crippen molar-refractivity contribution in [1.82, 2.24) is 4.90 Å². The number of allylic oxidation sites excluding steroid dienone is 2. The minimum absolute atomic E-state index is 0.0557. The molecule has 0 saturated carbocycles. The van der Waals surface area contributed by atoms with Crippen LogP contribution in [0.2, 0.25) is 18.1 Å². The number of esters is 1. The Morgan fingerprint density at radius 2 is 1.86 bits per heavy atom. The van der Waals surface area contributed by atoms with Crippen LogP contribution in [0.15, 0.2) is 72.1 Å². The van der Waals surface area contributed by atoms with Gasteiger partial charge in [-0.15, -0.1) is 0 Å². The summed E-state index contributed by atoms with van der Waals surface area (Å²) in [7, 11) is -2.03. The first-order valence-corrected chi connectivity index (χ1v) is 16.3. The molecule has 0 N–H and O–H groups in total. The van der Waals surface area contributed by atoms with Gasteiger partial charge in [0.15, 0.2) is 14.1 Å². The fourth-order valence-electron chi connectivity index (χ4n) is 3.39. The molecule has 0 aliphatic carbocycles. The molecule has 0 bridgehead atoms. The molecule has 0 amide bonds. The first kappa shape index (κ1) is 30.5. The Kier molecular flexibility index (Phi) is 11.8. The van der Waals surface area contributed by atoms with Crippen LogP contribution in [0.4, 0.5) is 0 Å². The highest BCUT2D eigenvalue weighted by atomic mass is 28.4. The smallest absolute Gasteiger partial charge is 0.309 e. The third-order valence-corrected chi connectivity index (χ3v) is 11.5. The van der Waals surface area contributed by atoms with E-state index < -0.39 is 14.2 Å². The molecule has 202 valence electrons. The van der Waals surface area contributed by atoms with Gasteiger partial charge in [0.1, 0.15) is 0 Å². The number of nitrogens with zero attached hydrogens (tertiary/aromatic N) is 1. The summed E-state index contributed by atoms with van der Waals surface area (Å²) in [6.07, 6.45) is 13.8. The van der Waals surface area contributed by atoms with Crippen LogP contribution < -0.4 is 0 Å². The number of carbonyl (C=O) groups is 2. The van der Waals surface area contributed by atoms with E-state index in [1.807, 2.05) is 72.8 Å². The molecular formula is C31H45NO4Si. The van der Waals surface area contributed by atoms with Gasteiger partial charge in [0.2, 0.25) is 0 Å². The van der Waals surface area contributed by atoms with E-state index in [9.17, 15) is 9.59 Å². The van der Waals surface area contributed by atoms with Crippen molar-refractivity contribution in [1.29, 1.82) is 0 Å². The summed E-state index contributed by atoms with van der Waals surface area (Å²) < 4.78 is 11.9. The maximum absolute atomic E-state index is 13.6. The summed E-state index contributed by atoms with van der Waals surface area (Å²) in [4.78, 5) is 28.1. The van der Waals surface area contributed by atoms with Crippen molar-refractivity contribution in [2.24, 2.45) is 5.92 Å². The van der Waals surface area contributed by atoms with Gasteiger partial charge in [-0.2, -0.15) is 0 Å². The molecule has 37 heavy (non-hydrogen) atoms. The van der Waals surface area contributed by atoms with E-state index in [1.165, 1.54) is 0 Å². The van der Waals surface area contributed by atoms with Crippen molar-refractivity contribution in [3.05, 3.63) is 77.7 Å². The highest BCUT2D eigenvalue weighted by Crippen LogP contribution is 2.37. The second-order valence-electron chi connectivity index (χ2n) is 11.2. The highest BCUT2D eigenvalue weighted by Gasteiger charge is 2.37. The number of Topliss-reactive ketones (excluding diaryl/α,β-unsaturated/α-hetero) is 1. The van der Waals surface area contributed by atoms with Crippen LogP contribution in [-0.4, -0.2) is 44.7 Å². The molecule has 0 saturated heterocycles. The topological polar surface area (TPSA) is 55.8 Å². The van der Waals surface area contributed by atoms with Crippen LogP contribution >= 0.6 is 0 Å². The monoisotopic (exact) mass is 523 g/mol. The molecule has 0 spiro atoms. The third kappa shape index (κ3) is 9.93. The molecular weight excluding hydrogens is 478 g/mol. The number of ether oxygens (including phenoxy) is 1. The lowest BCUT2D eigenvalue weighted by atomic mass is 9.94. The fraction of sp³-hybridized carbons (Fsp3) is 0.484. The van der Waals surface area contributed by atoms with Crippen LogP contribution in [0.25, 0.3) is 6.08 Å². The van der Waals surface area contributed by atoms with Crippen LogP contribution in [0.1, 0.15) is 59.4 Å². The van der Waals surface area contributed by atoms with Crippen molar-refractivity contribution in [2.45, 2.75) is 72.0 Å². The second kappa shape index (κ2) is 14.3. The van der Waals surface area contributed by atoms with Crippen LogP contribution in [0.3, 0.4) is 0 Å². The molecule has 1 aliphatic heterocycles. The minimum Gasteiger partial charge on any atom is -0.465 e. The van der Waals surface area contributed by atoms with E-state index in [4.69, 9.17) is 9.16 Å². The Labute approximate surface area is 225 Å². The summed E-state index contributed by atoms with van der Waals surface area (Å²) in [5.74, 6) is -0.919. The van der Waals surface area contributed by atoms with Gasteiger partial charge in [0.25, 0.3) is 0 Å². The zero-order valence-electron chi connectivity index (χ0n) is 23.8. The van der Waals surface area contributed by atoms with Gasteiger partial charge in [-0.1, -0.05) is 89.6 Å². The van der Waals surface area contributed by atoms with Gasteiger partial charge in [-0.05, 0) is 41.8 Å². The Morgan fingerprint density at radius 3 is 2.51 bits per heavy atom. The normalized spacial score (nSPS) is 19.3. The molecule has 1 aromatic rings. The van der Waals surface area contributed by atoms with Crippen molar-refractivity contribution < 1.29 is 18.8 Å². The van der Waals surface area contributed by atoms with E-state index in [1.54, 1.807) is 6.92 Å². The third-order valence-electron chi connectivity index (χ3n) is 6.98. The summed E-state index contributed by atoms with van der Waals surface area (Å²) in [5.41, 5.74) is 2.49. The average molecular weight is 524 g/mol.